The van der Waals surface area contributed by atoms with Gasteiger partial charge in [-0.15, -0.1) is 0 Å². The number of nitrogens with zero attached hydrogens (tertiary/aromatic N) is 2. The van der Waals surface area contributed by atoms with Gasteiger partial charge in [0.1, 0.15) is 35.4 Å². The topological polar surface area (TPSA) is 199 Å². The molecule has 7 N–H and O–H groups in total. The SMILES string of the molecule is Cc1ccc(-c2ncc(C[C@H](NC(=O)OC(C)(C)C)C(=O)N[C@@H](Cc3c[nH]c4ccccc34)C(=O)N[C@@H](Cc3cnc(-c4ccc(C)cc4)[nH]3)C(=O)NCc3ccccc3)[nH]2)cc1. The molecule has 0 aliphatic carbocycles. The minimum absolute atomic E-state index is 0.000973. The number of ether oxygens (including phenoxy) is 1. The Balaban J connectivity index is 1.17. The molecular weight excluding hydrogens is 795 g/mol. The number of aromatic amines is 3. The van der Waals surface area contributed by atoms with Gasteiger partial charge in [-0.05, 0) is 51.8 Å². The monoisotopic (exact) mass is 847 g/mol. The summed E-state index contributed by atoms with van der Waals surface area (Å²) in [6.45, 7) is 9.42. The van der Waals surface area contributed by atoms with Crippen molar-refractivity contribution in [3.05, 3.63) is 155 Å². The van der Waals surface area contributed by atoms with E-state index in [1.54, 1.807) is 39.4 Å². The summed E-state index contributed by atoms with van der Waals surface area (Å²) in [4.78, 5) is 75.4. The number of carbonyl (C=O) groups is 4. The first-order valence-electron chi connectivity index (χ1n) is 20.9. The van der Waals surface area contributed by atoms with Gasteiger partial charge in [0.25, 0.3) is 0 Å². The number of H-pyrrole nitrogens is 3. The maximum Gasteiger partial charge on any atom is 0.408 e. The van der Waals surface area contributed by atoms with Crippen molar-refractivity contribution in [3.63, 3.8) is 0 Å². The third-order valence-electron chi connectivity index (χ3n) is 10.4. The van der Waals surface area contributed by atoms with E-state index < -0.39 is 47.5 Å². The van der Waals surface area contributed by atoms with Crippen LogP contribution in [0.3, 0.4) is 0 Å². The fourth-order valence-electron chi connectivity index (χ4n) is 7.13. The summed E-state index contributed by atoms with van der Waals surface area (Å²) >= 11 is 0. The fourth-order valence-corrected chi connectivity index (χ4v) is 7.13. The Morgan fingerprint density at radius 1 is 0.619 bits per heavy atom. The summed E-state index contributed by atoms with van der Waals surface area (Å²) in [7, 11) is 0. The lowest BCUT2D eigenvalue weighted by Crippen LogP contribution is -2.58. The van der Waals surface area contributed by atoms with Gasteiger partial charge in [-0.3, -0.25) is 14.4 Å². The molecule has 0 spiro atoms. The lowest BCUT2D eigenvalue weighted by atomic mass is 10.0. The van der Waals surface area contributed by atoms with Crippen LogP contribution in [0.1, 0.15) is 54.4 Å². The van der Waals surface area contributed by atoms with Gasteiger partial charge >= 0.3 is 6.09 Å². The van der Waals surface area contributed by atoms with Crippen LogP contribution in [0.5, 0.6) is 0 Å². The van der Waals surface area contributed by atoms with Gasteiger partial charge < -0.3 is 41.0 Å². The summed E-state index contributed by atoms with van der Waals surface area (Å²) in [6.07, 6.45) is 4.38. The molecule has 4 amide bonds. The zero-order valence-electron chi connectivity index (χ0n) is 36.0. The fraction of sp³-hybridized carbons (Fsp3) is 0.265. The molecule has 0 saturated carbocycles. The van der Waals surface area contributed by atoms with Crippen molar-refractivity contribution in [2.24, 2.45) is 0 Å². The van der Waals surface area contributed by atoms with E-state index in [0.717, 1.165) is 44.3 Å². The highest BCUT2D eigenvalue weighted by Gasteiger charge is 2.32. The quantitative estimate of drug-likeness (QED) is 0.0557. The molecule has 63 heavy (non-hydrogen) atoms. The number of aromatic nitrogens is 5. The first-order chi connectivity index (χ1) is 30.3. The number of hydrogen-bond donors (Lipinski definition) is 7. The van der Waals surface area contributed by atoms with E-state index in [2.05, 4.69) is 46.2 Å². The molecule has 0 fully saturated rings. The number of amides is 4. The van der Waals surface area contributed by atoms with Crippen LogP contribution in [0.15, 0.2) is 122 Å². The van der Waals surface area contributed by atoms with Crippen molar-refractivity contribution in [2.75, 3.05) is 0 Å². The summed E-state index contributed by atoms with van der Waals surface area (Å²) in [6, 6.07) is 29.4. The van der Waals surface area contributed by atoms with Crippen molar-refractivity contribution in [1.82, 2.24) is 46.2 Å². The number of nitrogens with one attached hydrogen (secondary N) is 7. The standard InChI is InChI=1S/C49H53N9O5/c1-30-15-19-33(20-16-30)43-51-28-36(54-43)24-41(45(59)53-26-32-11-7-6-8-12-32)57-46(60)40(23-35-27-50-39-14-10-9-13-38(35)39)56-47(61)42(58-48(62)63-49(3,4)5)25-37-29-52-44(55-37)34-21-17-31(2)18-22-34/h6-22,27-29,40-42,50H,23-26H2,1-5H3,(H,51,54)(H,52,55)(H,53,59)(H,56,61)(H,57,60)(H,58,62)/t40-,41-,42-/m0/s1. The van der Waals surface area contributed by atoms with Crippen molar-refractivity contribution >= 4 is 34.7 Å². The summed E-state index contributed by atoms with van der Waals surface area (Å²) < 4.78 is 5.56. The molecule has 3 atom stereocenters. The van der Waals surface area contributed by atoms with Gasteiger partial charge in [0.2, 0.25) is 17.7 Å². The third-order valence-corrected chi connectivity index (χ3v) is 10.4. The first kappa shape index (κ1) is 43.6. The molecule has 14 heteroatoms. The predicted octanol–water partition coefficient (Wildman–Crippen LogP) is 6.77. The van der Waals surface area contributed by atoms with E-state index >= 15 is 0 Å². The van der Waals surface area contributed by atoms with Gasteiger partial charge in [-0.25, -0.2) is 14.8 Å². The second kappa shape index (κ2) is 19.5. The Hall–Kier alpha value is -7.48. The maximum atomic E-state index is 14.7. The second-order valence-corrected chi connectivity index (χ2v) is 16.7. The molecule has 14 nitrogen and oxygen atoms in total. The molecule has 324 valence electrons. The molecule has 0 bridgehead atoms. The molecule has 0 unspecified atom stereocenters. The van der Waals surface area contributed by atoms with Gasteiger partial charge in [-0.1, -0.05) is 108 Å². The minimum atomic E-state index is -1.20. The van der Waals surface area contributed by atoms with Crippen molar-refractivity contribution in [3.8, 4) is 22.8 Å². The van der Waals surface area contributed by atoms with Gasteiger partial charge in [-0.2, -0.15) is 0 Å². The van der Waals surface area contributed by atoms with E-state index in [9.17, 15) is 19.2 Å². The molecule has 3 heterocycles. The number of carbonyl (C=O) groups excluding carboxylic acids is 4. The number of rotatable bonds is 16. The normalized spacial score (nSPS) is 12.8. The number of hydrogen-bond acceptors (Lipinski definition) is 7. The zero-order valence-corrected chi connectivity index (χ0v) is 36.0. The van der Waals surface area contributed by atoms with E-state index in [4.69, 9.17) is 4.74 Å². The van der Waals surface area contributed by atoms with Crippen LogP contribution in [0.25, 0.3) is 33.7 Å². The van der Waals surface area contributed by atoms with Crippen molar-refractivity contribution in [1.29, 1.82) is 0 Å². The highest BCUT2D eigenvalue weighted by Crippen LogP contribution is 2.22. The number of aryl methyl sites for hydroxylation is 2. The van der Waals surface area contributed by atoms with E-state index in [-0.39, 0.29) is 25.8 Å². The Morgan fingerprint density at radius 3 is 1.68 bits per heavy atom. The number of para-hydroxylation sites is 1. The highest BCUT2D eigenvalue weighted by atomic mass is 16.6. The number of alkyl carbamates (subject to hydrolysis) is 1. The van der Waals surface area contributed by atoms with Crippen LogP contribution in [0.4, 0.5) is 4.79 Å². The summed E-state index contributed by atoms with van der Waals surface area (Å²) in [5.74, 6) is -0.461. The molecule has 3 aromatic heterocycles. The van der Waals surface area contributed by atoms with Crippen LogP contribution in [0.2, 0.25) is 0 Å². The minimum Gasteiger partial charge on any atom is -0.444 e. The van der Waals surface area contributed by atoms with Crippen molar-refractivity contribution < 1.29 is 23.9 Å². The van der Waals surface area contributed by atoms with E-state index in [0.29, 0.717) is 23.0 Å². The van der Waals surface area contributed by atoms with Crippen LogP contribution < -0.4 is 21.3 Å². The molecule has 0 saturated heterocycles. The summed E-state index contributed by atoms with van der Waals surface area (Å²) in [5.41, 5.74) is 6.78. The molecular formula is C49H53N9O5. The molecule has 7 rings (SSSR count). The van der Waals surface area contributed by atoms with Crippen LogP contribution in [-0.4, -0.2) is 72.5 Å². The molecule has 0 aliphatic heterocycles. The summed E-state index contributed by atoms with van der Waals surface area (Å²) in [5, 5.41) is 12.4. The van der Waals surface area contributed by atoms with Crippen LogP contribution in [0, 0.1) is 13.8 Å². The first-order valence-corrected chi connectivity index (χ1v) is 20.9. The smallest absolute Gasteiger partial charge is 0.408 e. The maximum absolute atomic E-state index is 14.7. The molecule has 7 aromatic rings. The average Bonchev–Trinajstić information content (AvgIpc) is 4.03. The van der Waals surface area contributed by atoms with Gasteiger partial charge in [0.05, 0.1) is 0 Å². The van der Waals surface area contributed by atoms with Gasteiger partial charge in [0.15, 0.2) is 0 Å². The predicted molar refractivity (Wildman–Crippen MR) is 242 cm³/mol. The Bertz CT molecular complexity index is 2660. The van der Waals surface area contributed by atoms with E-state index in [1.807, 2.05) is 117 Å². The second-order valence-electron chi connectivity index (χ2n) is 16.7. The lowest BCUT2D eigenvalue weighted by Gasteiger charge is -2.26. The molecule has 4 aromatic carbocycles. The largest absolute Gasteiger partial charge is 0.444 e. The van der Waals surface area contributed by atoms with Crippen LogP contribution in [-0.2, 0) is 44.9 Å². The molecule has 0 aliphatic rings. The van der Waals surface area contributed by atoms with Crippen LogP contribution >= 0.6 is 0 Å². The number of imidazole rings is 2. The Kier molecular flexibility index (Phi) is 13.5. The average molecular weight is 848 g/mol. The Morgan fingerprint density at radius 2 is 1.13 bits per heavy atom. The van der Waals surface area contributed by atoms with Gasteiger partial charge in [0, 0.05) is 77.8 Å². The highest BCUT2D eigenvalue weighted by molar-refractivity contribution is 5.95. The molecule has 0 radical (unpaired) electrons. The van der Waals surface area contributed by atoms with Crippen molar-refractivity contribution in [2.45, 2.75) is 84.2 Å². The third kappa shape index (κ3) is 11.9. The lowest BCUT2D eigenvalue weighted by molar-refractivity contribution is -0.132. The number of fused-ring (bicyclic) bond motifs is 1. The number of benzene rings is 4. The van der Waals surface area contributed by atoms with E-state index in [1.165, 1.54) is 0 Å². The Labute approximate surface area is 366 Å². The zero-order chi connectivity index (χ0) is 44.5.